The van der Waals surface area contributed by atoms with Crippen molar-refractivity contribution in [1.82, 2.24) is 0 Å². The fourth-order valence-corrected chi connectivity index (χ4v) is 1.67. The molecule has 2 atom stereocenters. The first kappa shape index (κ1) is 13.5. The Balaban J connectivity index is 0.000000128. The fourth-order valence-electron chi connectivity index (χ4n) is 1.10. The SMILES string of the molecule is Brc1ccccc1Br.C(OCC1CO1)C1CO1. The van der Waals surface area contributed by atoms with Gasteiger partial charge in [-0.3, -0.25) is 0 Å². The highest BCUT2D eigenvalue weighted by Crippen LogP contribution is 2.20. The first-order chi connectivity index (χ1) is 8.25. The Morgan fingerprint density at radius 1 is 1.00 bits per heavy atom. The standard InChI is InChI=1S/C6H4Br2.C6H10O3/c7-5-3-1-2-4-6(5)8;1(5-3-8-5)7-2-6-4-9-6/h1-4H;5-6H,1-4H2. The first-order valence-corrected chi connectivity index (χ1v) is 7.05. The molecule has 3 nitrogen and oxygen atoms in total. The normalized spacial score (nSPS) is 24.8. The molecule has 3 rings (SSSR count). The van der Waals surface area contributed by atoms with Gasteiger partial charge in [-0.2, -0.15) is 0 Å². The maximum atomic E-state index is 5.23. The lowest BCUT2D eigenvalue weighted by Crippen LogP contribution is -2.06. The zero-order valence-corrected chi connectivity index (χ0v) is 12.4. The second-order valence-corrected chi connectivity index (χ2v) is 5.57. The molecule has 5 heteroatoms. The Morgan fingerprint density at radius 3 is 1.71 bits per heavy atom. The summed E-state index contributed by atoms with van der Waals surface area (Å²) >= 11 is 6.70. The Labute approximate surface area is 118 Å². The summed E-state index contributed by atoms with van der Waals surface area (Å²) in [5, 5.41) is 0. The third-order valence-corrected chi connectivity index (χ3v) is 4.15. The number of epoxide rings is 2. The Bertz CT molecular complexity index is 318. The van der Waals surface area contributed by atoms with E-state index in [4.69, 9.17) is 14.2 Å². The average molecular weight is 366 g/mol. The molecule has 2 unspecified atom stereocenters. The van der Waals surface area contributed by atoms with E-state index in [0.717, 1.165) is 35.4 Å². The number of hydrogen-bond donors (Lipinski definition) is 0. The predicted octanol–water partition coefficient (Wildman–Crippen LogP) is 3.01. The molecule has 0 aromatic heterocycles. The van der Waals surface area contributed by atoms with Crippen molar-refractivity contribution in [3.8, 4) is 0 Å². The highest BCUT2D eigenvalue weighted by Gasteiger charge is 2.26. The van der Waals surface area contributed by atoms with Crippen LogP contribution in [0.5, 0.6) is 0 Å². The summed E-state index contributed by atoms with van der Waals surface area (Å²) in [4.78, 5) is 0. The summed E-state index contributed by atoms with van der Waals surface area (Å²) in [6, 6.07) is 7.94. The number of rotatable bonds is 4. The third-order valence-electron chi connectivity index (χ3n) is 2.24. The van der Waals surface area contributed by atoms with Crippen molar-refractivity contribution >= 4 is 31.9 Å². The highest BCUT2D eigenvalue weighted by atomic mass is 79.9. The molecule has 0 bridgehead atoms. The molecule has 0 aliphatic carbocycles. The van der Waals surface area contributed by atoms with Crippen LogP contribution in [-0.2, 0) is 14.2 Å². The second-order valence-electron chi connectivity index (χ2n) is 3.86. The monoisotopic (exact) mass is 364 g/mol. The summed E-state index contributed by atoms with van der Waals surface area (Å²) in [5.74, 6) is 0. The molecule has 2 heterocycles. The van der Waals surface area contributed by atoms with E-state index in [9.17, 15) is 0 Å². The van der Waals surface area contributed by atoms with Crippen molar-refractivity contribution in [2.24, 2.45) is 0 Å². The van der Waals surface area contributed by atoms with Gasteiger partial charge < -0.3 is 14.2 Å². The summed E-state index contributed by atoms with van der Waals surface area (Å²) < 4.78 is 17.3. The summed E-state index contributed by atoms with van der Waals surface area (Å²) in [6.07, 6.45) is 0.785. The average Bonchev–Trinajstić information content (AvgIpc) is 3.16. The molecule has 2 saturated heterocycles. The van der Waals surface area contributed by atoms with Crippen LogP contribution in [0.3, 0.4) is 0 Å². The lowest BCUT2D eigenvalue weighted by atomic mass is 10.4. The van der Waals surface area contributed by atoms with E-state index in [1.807, 2.05) is 24.3 Å². The van der Waals surface area contributed by atoms with Gasteiger partial charge in [-0.15, -0.1) is 0 Å². The smallest absolute Gasteiger partial charge is 0.104 e. The summed E-state index contributed by atoms with van der Waals surface area (Å²) in [5.41, 5.74) is 0. The number of benzene rings is 1. The van der Waals surface area contributed by atoms with Crippen molar-refractivity contribution < 1.29 is 14.2 Å². The molecule has 0 radical (unpaired) electrons. The van der Waals surface area contributed by atoms with Crippen molar-refractivity contribution in [3.05, 3.63) is 33.2 Å². The van der Waals surface area contributed by atoms with Gasteiger partial charge in [0.05, 0.1) is 26.4 Å². The number of hydrogen-bond acceptors (Lipinski definition) is 3. The van der Waals surface area contributed by atoms with Gasteiger partial charge in [0.2, 0.25) is 0 Å². The molecule has 2 aliphatic rings. The molecule has 94 valence electrons. The molecule has 0 spiro atoms. The lowest BCUT2D eigenvalue weighted by molar-refractivity contribution is 0.102. The lowest BCUT2D eigenvalue weighted by Gasteiger charge is -1.95. The van der Waals surface area contributed by atoms with E-state index in [2.05, 4.69) is 31.9 Å². The third kappa shape index (κ3) is 5.97. The zero-order chi connectivity index (χ0) is 12.1. The summed E-state index contributed by atoms with van der Waals surface area (Å²) in [7, 11) is 0. The molecule has 0 N–H and O–H groups in total. The van der Waals surface area contributed by atoms with Gasteiger partial charge >= 0.3 is 0 Å². The second kappa shape index (κ2) is 6.85. The van der Waals surface area contributed by atoms with Gasteiger partial charge in [0, 0.05) is 8.95 Å². The van der Waals surface area contributed by atoms with Gasteiger partial charge in [-0.1, -0.05) is 12.1 Å². The highest BCUT2D eigenvalue weighted by molar-refractivity contribution is 9.13. The molecule has 0 amide bonds. The molecule has 17 heavy (non-hydrogen) atoms. The van der Waals surface area contributed by atoms with Crippen molar-refractivity contribution in [2.75, 3.05) is 26.4 Å². The quantitative estimate of drug-likeness (QED) is 0.769. The van der Waals surface area contributed by atoms with Crippen LogP contribution in [0.15, 0.2) is 33.2 Å². The van der Waals surface area contributed by atoms with Crippen LogP contribution < -0.4 is 0 Å². The molecule has 2 fully saturated rings. The maximum Gasteiger partial charge on any atom is 0.104 e. The zero-order valence-electron chi connectivity index (χ0n) is 9.27. The van der Waals surface area contributed by atoms with Gasteiger partial charge in [-0.25, -0.2) is 0 Å². The molecule has 0 saturated carbocycles. The van der Waals surface area contributed by atoms with E-state index in [1.54, 1.807) is 0 Å². The Morgan fingerprint density at radius 2 is 1.41 bits per heavy atom. The largest absolute Gasteiger partial charge is 0.376 e. The van der Waals surface area contributed by atoms with Crippen LogP contribution in [0.1, 0.15) is 0 Å². The molecular weight excluding hydrogens is 352 g/mol. The number of ether oxygens (including phenoxy) is 3. The first-order valence-electron chi connectivity index (χ1n) is 5.46. The minimum Gasteiger partial charge on any atom is -0.376 e. The van der Waals surface area contributed by atoms with Crippen LogP contribution in [0.4, 0.5) is 0 Å². The van der Waals surface area contributed by atoms with Gasteiger partial charge in [-0.05, 0) is 44.0 Å². The van der Waals surface area contributed by atoms with Gasteiger partial charge in [0.25, 0.3) is 0 Å². The summed E-state index contributed by atoms with van der Waals surface area (Å²) in [6.45, 7) is 3.26. The van der Waals surface area contributed by atoms with Crippen LogP contribution in [0.2, 0.25) is 0 Å². The fraction of sp³-hybridized carbons (Fsp3) is 0.500. The molecule has 1 aromatic rings. The Hall–Kier alpha value is 0.0600. The topological polar surface area (TPSA) is 34.3 Å². The van der Waals surface area contributed by atoms with E-state index in [-0.39, 0.29) is 0 Å². The van der Waals surface area contributed by atoms with E-state index in [1.165, 1.54) is 0 Å². The van der Waals surface area contributed by atoms with Crippen LogP contribution in [0, 0.1) is 0 Å². The van der Waals surface area contributed by atoms with Crippen molar-refractivity contribution in [3.63, 3.8) is 0 Å². The van der Waals surface area contributed by atoms with Crippen LogP contribution >= 0.6 is 31.9 Å². The van der Waals surface area contributed by atoms with E-state index < -0.39 is 0 Å². The van der Waals surface area contributed by atoms with Crippen molar-refractivity contribution in [1.29, 1.82) is 0 Å². The van der Waals surface area contributed by atoms with Crippen LogP contribution in [0.25, 0.3) is 0 Å². The van der Waals surface area contributed by atoms with E-state index in [0.29, 0.717) is 12.2 Å². The Kier molecular flexibility index (Phi) is 5.44. The van der Waals surface area contributed by atoms with Gasteiger partial charge in [0.1, 0.15) is 12.2 Å². The molecule has 1 aromatic carbocycles. The molecular formula is C12H14Br2O3. The predicted molar refractivity (Wildman–Crippen MR) is 72.1 cm³/mol. The van der Waals surface area contributed by atoms with E-state index >= 15 is 0 Å². The van der Waals surface area contributed by atoms with Crippen molar-refractivity contribution in [2.45, 2.75) is 12.2 Å². The maximum absolute atomic E-state index is 5.23. The minimum atomic E-state index is 0.392. The minimum absolute atomic E-state index is 0.392. The van der Waals surface area contributed by atoms with Crippen LogP contribution in [-0.4, -0.2) is 38.6 Å². The number of halogens is 2. The van der Waals surface area contributed by atoms with Gasteiger partial charge in [0.15, 0.2) is 0 Å². The molecule has 2 aliphatic heterocycles.